The summed E-state index contributed by atoms with van der Waals surface area (Å²) in [6, 6.07) is 5.49. The number of fused-ring (bicyclic) bond motifs is 3. The number of ether oxygens (including phenoxy) is 1. The lowest BCUT2D eigenvalue weighted by atomic mass is 10.0. The van der Waals surface area contributed by atoms with Crippen molar-refractivity contribution in [2.45, 2.75) is 19.1 Å². The number of anilines is 2. The van der Waals surface area contributed by atoms with Crippen molar-refractivity contribution >= 4 is 57.4 Å². The molecule has 1 aromatic carbocycles. The molecule has 0 bridgehead atoms. The molecule has 5 rings (SSSR count). The molecule has 2 N–H and O–H groups in total. The van der Waals surface area contributed by atoms with Gasteiger partial charge in [-0.05, 0) is 31.2 Å². The van der Waals surface area contributed by atoms with Crippen LogP contribution in [0.25, 0.3) is 16.6 Å². The van der Waals surface area contributed by atoms with E-state index >= 15 is 0 Å². The van der Waals surface area contributed by atoms with E-state index in [0.717, 1.165) is 6.20 Å². The van der Waals surface area contributed by atoms with Gasteiger partial charge in [-0.1, -0.05) is 23.2 Å². The Morgan fingerprint density at radius 1 is 1.16 bits per heavy atom. The fourth-order valence-electron chi connectivity index (χ4n) is 4.27. The number of nitrogens with one attached hydrogen (secondary N) is 1. The predicted octanol–water partition coefficient (Wildman–Crippen LogP) is 5.31. The molecule has 1 unspecified atom stereocenters. The monoisotopic (exact) mass is 554 g/mol. The van der Waals surface area contributed by atoms with Crippen LogP contribution >= 0.6 is 23.2 Å². The van der Waals surface area contributed by atoms with Gasteiger partial charge in [-0.2, -0.15) is 13.2 Å². The number of aromatic nitrogens is 4. The average molecular weight is 555 g/mol. The predicted molar refractivity (Wildman–Crippen MR) is 132 cm³/mol. The molecule has 1 aliphatic heterocycles. The van der Waals surface area contributed by atoms with Gasteiger partial charge in [0, 0.05) is 35.3 Å². The van der Waals surface area contributed by atoms with Crippen molar-refractivity contribution in [3.63, 3.8) is 0 Å². The van der Waals surface area contributed by atoms with Crippen molar-refractivity contribution in [3.05, 3.63) is 57.6 Å². The lowest BCUT2D eigenvalue weighted by Gasteiger charge is -2.29. The Morgan fingerprint density at radius 3 is 2.57 bits per heavy atom. The van der Waals surface area contributed by atoms with Crippen LogP contribution in [0.2, 0.25) is 10.2 Å². The number of carboxylic acid groups (broad SMARTS) is 1. The summed E-state index contributed by atoms with van der Waals surface area (Å²) in [4.78, 5) is 26.1. The van der Waals surface area contributed by atoms with E-state index < -0.39 is 23.9 Å². The van der Waals surface area contributed by atoms with Crippen molar-refractivity contribution in [2.75, 3.05) is 36.5 Å². The second-order valence-electron chi connectivity index (χ2n) is 8.42. The van der Waals surface area contributed by atoms with Crippen LogP contribution in [0.15, 0.2) is 30.5 Å². The Bertz CT molecular complexity index is 1520. The first-order chi connectivity index (χ1) is 17.5. The van der Waals surface area contributed by atoms with Crippen LogP contribution < -0.4 is 10.2 Å². The molecule has 0 saturated carbocycles. The highest BCUT2D eigenvalue weighted by Crippen LogP contribution is 2.36. The molecule has 0 aliphatic carbocycles. The first-order valence-corrected chi connectivity index (χ1v) is 11.9. The maximum Gasteiger partial charge on any atom is 0.434 e. The number of carboxylic acids is 1. The number of morpholine rings is 1. The van der Waals surface area contributed by atoms with Crippen LogP contribution in [-0.4, -0.2) is 56.7 Å². The number of pyridine rings is 1. The highest BCUT2D eigenvalue weighted by molar-refractivity contribution is 6.31. The van der Waals surface area contributed by atoms with Gasteiger partial charge in [-0.15, -0.1) is 0 Å². The van der Waals surface area contributed by atoms with E-state index in [4.69, 9.17) is 32.9 Å². The van der Waals surface area contributed by atoms with E-state index in [-0.39, 0.29) is 33.2 Å². The van der Waals surface area contributed by atoms with E-state index in [9.17, 15) is 23.1 Å². The maximum absolute atomic E-state index is 13.6. The molecule has 0 spiro atoms. The molecule has 0 radical (unpaired) electrons. The normalized spacial score (nSPS) is 15.4. The molecule has 3 aromatic heterocycles. The van der Waals surface area contributed by atoms with Crippen molar-refractivity contribution in [2.24, 2.45) is 0 Å². The topological polar surface area (TPSA) is 105 Å². The van der Waals surface area contributed by atoms with Gasteiger partial charge in [0.15, 0.2) is 11.4 Å². The summed E-state index contributed by atoms with van der Waals surface area (Å²) in [5.74, 6) is -0.997. The fraction of sp³-hybridized carbons (Fsp3) is 0.304. The quantitative estimate of drug-likeness (QED) is 0.320. The number of benzene rings is 1. The van der Waals surface area contributed by atoms with E-state index in [1.165, 1.54) is 22.6 Å². The molecule has 37 heavy (non-hydrogen) atoms. The van der Waals surface area contributed by atoms with Crippen LogP contribution in [0.5, 0.6) is 0 Å². The van der Waals surface area contributed by atoms with Gasteiger partial charge < -0.3 is 20.1 Å². The number of imidazole rings is 1. The van der Waals surface area contributed by atoms with Crippen LogP contribution in [0.3, 0.4) is 0 Å². The third-order valence-corrected chi connectivity index (χ3v) is 6.39. The summed E-state index contributed by atoms with van der Waals surface area (Å²) < 4.78 is 47.6. The minimum atomic E-state index is -4.66. The Kier molecular flexibility index (Phi) is 6.50. The Labute approximate surface area is 217 Å². The molecule has 1 aliphatic rings. The van der Waals surface area contributed by atoms with E-state index in [2.05, 4.69) is 15.3 Å². The number of hydrogen-bond acceptors (Lipinski definition) is 7. The van der Waals surface area contributed by atoms with Gasteiger partial charge in [-0.3, -0.25) is 4.40 Å². The highest BCUT2D eigenvalue weighted by atomic mass is 35.5. The lowest BCUT2D eigenvalue weighted by Crippen LogP contribution is -2.38. The van der Waals surface area contributed by atoms with Crippen LogP contribution in [0.4, 0.5) is 24.8 Å². The molecular weight excluding hydrogens is 536 g/mol. The Hall–Kier alpha value is -3.35. The van der Waals surface area contributed by atoms with Crippen LogP contribution in [0, 0.1) is 0 Å². The smallest absolute Gasteiger partial charge is 0.434 e. The molecule has 0 amide bonds. The molecule has 4 heterocycles. The first kappa shape index (κ1) is 25.3. The Balaban J connectivity index is 1.71. The molecule has 14 heteroatoms. The third-order valence-electron chi connectivity index (χ3n) is 5.96. The van der Waals surface area contributed by atoms with Gasteiger partial charge in [-0.25, -0.2) is 19.7 Å². The van der Waals surface area contributed by atoms with Gasteiger partial charge in [0.1, 0.15) is 10.8 Å². The summed E-state index contributed by atoms with van der Waals surface area (Å²) in [5.41, 5.74) is -0.180. The third kappa shape index (κ3) is 4.83. The van der Waals surface area contributed by atoms with E-state index in [1.807, 2.05) is 4.90 Å². The van der Waals surface area contributed by atoms with Gasteiger partial charge in [0.2, 0.25) is 5.95 Å². The molecule has 1 atom stereocenters. The minimum Gasteiger partial charge on any atom is -0.476 e. The summed E-state index contributed by atoms with van der Waals surface area (Å²) in [5, 5.41) is 13.2. The average Bonchev–Trinajstić information content (AvgIpc) is 3.31. The molecule has 1 saturated heterocycles. The summed E-state index contributed by atoms with van der Waals surface area (Å²) >= 11 is 12.3. The van der Waals surface area contributed by atoms with E-state index in [1.54, 1.807) is 13.0 Å². The van der Waals surface area contributed by atoms with E-state index in [0.29, 0.717) is 42.8 Å². The molecule has 4 aromatic rings. The van der Waals surface area contributed by atoms with Gasteiger partial charge >= 0.3 is 12.1 Å². The summed E-state index contributed by atoms with van der Waals surface area (Å²) in [6.07, 6.45) is -3.74. The van der Waals surface area contributed by atoms with Gasteiger partial charge in [0.05, 0.1) is 30.5 Å². The SMILES string of the molecule is CC(Nc1ccc(Cl)nc1C(=O)O)c1cc(Cl)cc2c1nc(N1CCOCC1)n1cc(C(F)(F)F)nc21. The number of halogens is 5. The minimum absolute atomic E-state index is 0.0165. The molecular formula is C23H19Cl2F3N6O3. The zero-order valence-corrected chi connectivity index (χ0v) is 20.7. The van der Waals surface area contributed by atoms with Crippen molar-refractivity contribution in [3.8, 4) is 0 Å². The second kappa shape index (κ2) is 9.51. The number of aromatic carboxylic acids is 1. The lowest BCUT2D eigenvalue weighted by molar-refractivity contribution is -0.140. The molecule has 9 nitrogen and oxygen atoms in total. The highest BCUT2D eigenvalue weighted by Gasteiger charge is 2.35. The first-order valence-electron chi connectivity index (χ1n) is 11.1. The fourth-order valence-corrected chi connectivity index (χ4v) is 4.65. The van der Waals surface area contributed by atoms with Crippen LogP contribution in [0.1, 0.15) is 34.7 Å². The zero-order valence-electron chi connectivity index (χ0n) is 19.2. The maximum atomic E-state index is 13.6. The number of rotatable bonds is 5. The van der Waals surface area contributed by atoms with Crippen molar-refractivity contribution < 1.29 is 27.8 Å². The second-order valence-corrected chi connectivity index (χ2v) is 9.24. The van der Waals surface area contributed by atoms with Crippen LogP contribution in [-0.2, 0) is 10.9 Å². The standard InChI is InChI=1S/C23H19Cl2F3N6O3/c1-11(29-15-2-3-17(25)31-19(15)21(35)36)13-8-12(24)9-14-18(13)32-22(33-4-6-37-7-5-33)34-10-16(23(26,27)28)30-20(14)34/h2-3,8-11,29H,4-7H2,1H3,(H,35,36). The number of nitrogens with zero attached hydrogens (tertiary/aromatic N) is 5. The number of carbonyl (C=O) groups is 1. The zero-order chi connectivity index (χ0) is 26.5. The molecule has 194 valence electrons. The summed E-state index contributed by atoms with van der Waals surface area (Å²) in [7, 11) is 0. The Morgan fingerprint density at radius 2 is 1.89 bits per heavy atom. The largest absolute Gasteiger partial charge is 0.476 e. The van der Waals surface area contributed by atoms with Crippen molar-refractivity contribution in [1.29, 1.82) is 0 Å². The number of alkyl halides is 3. The van der Waals surface area contributed by atoms with Gasteiger partial charge in [0.25, 0.3) is 0 Å². The van der Waals surface area contributed by atoms with Crippen molar-refractivity contribution in [1.82, 2.24) is 19.4 Å². The number of hydrogen-bond donors (Lipinski definition) is 2. The summed E-state index contributed by atoms with van der Waals surface area (Å²) in [6.45, 7) is 3.41. The molecule has 1 fully saturated rings.